The molecule has 0 amide bonds. The van der Waals surface area contributed by atoms with Crippen LogP contribution < -0.4 is 9.46 Å². The van der Waals surface area contributed by atoms with Crippen LogP contribution in [0.4, 0.5) is 0 Å². The zero-order valence-corrected chi connectivity index (χ0v) is 31.0. The number of nitrogens with zero attached hydrogens (tertiary/aromatic N) is 2. The average Bonchev–Trinajstić information content (AvgIpc) is 3.62. The molecule has 1 N–H and O–H groups in total. The molecule has 10 heteroatoms. The van der Waals surface area contributed by atoms with Gasteiger partial charge >= 0.3 is 5.97 Å². The number of esters is 1. The van der Waals surface area contributed by atoms with Gasteiger partial charge in [-0.25, -0.2) is 17.9 Å². The molecule has 51 heavy (non-hydrogen) atoms. The summed E-state index contributed by atoms with van der Waals surface area (Å²) in [6.45, 7) is 5.47. The van der Waals surface area contributed by atoms with Crippen molar-refractivity contribution in [2.24, 2.45) is 0 Å². The summed E-state index contributed by atoms with van der Waals surface area (Å²) in [6.07, 6.45) is 3.20. The van der Waals surface area contributed by atoms with Gasteiger partial charge < -0.3 is 14.0 Å². The van der Waals surface area contributed by atoms with Gasteiger partial charge in [0.25, 0.3) is 0 Å². The number of aromatic nitrogens is 1. The van der Waals surface area contributed by atoms with Crippen molar-refractivity contribution in [3.63, 3.8) is 0 Å². The number of nitrogens with one attached hydrogen (secondary N) is 1. The van der Waals surface area contributed by atoms with Crippen molar-refractivity contribution in [2.75, 3.05) is 32.6 Å². The van der Waals surface area contributed by atoms with E-state index >= 15 is 0 Å². The van der Waals surface area contributed by atoms with E-state index in [0.29, 0.717) is 54.4 Å². The number of carbonyl (C=O) groups is 1. The summed E-state index contributed by atoms with van der Waals surface area (Å²) in [6, 6.07) is 34.2. The topological polar surface area (TPSA) is 89.9 Å². The second-order valence-corrected chi connectivity index (χ2v) is 15.6. The molecule has 4 aromatic carbocycles. The van der Waals surface area contributed by atoms with E-state index in [4.69, 9.17) is 21.1 Å². The number of carbonyl (C=O) groups excluding carboxylic acids is 1. The lowest BCUT2D eigenvalue weighted by Crippen LogP contribution is -2.39. The minimum absolute atomic E-state index is 0.0619. The molecule has 0 bridgehead atoms. The fourth-order valence-electron chi connectivity index (χ4n) is 7.40. The lowest BCUT2D eigenvalue weighted by atomic mass is 9.97. The van der Waals surface area contributed by atoms with Crippen LogP contribution in [0.25, 0.3) is 10.9 Å². The van der Waals surface area contributed by atoms with E-state index in [2.05, 4.69) is 58.4 Å². The first-order valence-corrected chi connectivity index (χ1v) is 19.6. The molecular formula is C41H46ClN3O5S. The van der Waals surface area contributed by atoms with Gasteiger partial charge in [-0.3, -0.25) is 4.90 Å². The number of hydrogen-bond donors (Lipinski definition) is 1. The number of fused-ring (bicyclic) bond motifs is 1. The van der Waals surface area contributed by atoms with E-state index in [1.165, 1.54) is 7.11 Å². The molecule has 0 aliphatic carbocycles. The zero-order chi connectivity index (χ0) is 36.0. The fourth-order valence-corrected chi connectivity index (χ4v) is 8.58. The number of rotatable bonds is 15. The third-order valence-corrected chi connectivity index (χ3v) is 11.6. The normalized spacial score (nSPS) is 16.6. The molecule has 6 rings (SSSR count). The SMILES string of the molecule is COC(=O)c1ccc(OCCc2c(CCNS(=O)(=O)CCN3C(C)CCC3C)n(C(c3ccccc3)c3ccccc3)c3ccc(Cl)cc23)cc1. The van der Waals surface area contributed by atoms with Gasteiger partial charge in [0.1, 0.15) is 5.75 Å². The molecule has 0 saturated carbocycles. The average molecular weight is 728 g/mol. The molecule has 1 aliphatic heterocycles. The van der Waals surface area contributed by atoms with Gasteiger partial charge in [0.15, 0.2) is 0 Å². The van der Waals surface area contributed by atoms with Gasteiger partial charge in [0, 0.05) is 59.6 Å². The van der Waals surface area contributed by atoms with Crippen molar-refractivity contribution in [3.8, 4) is 5.75 Å². The number of methoxy groups -OCH3 is 1. The highest BCUT2D eigenvalue weighted by Gasteiger charge is 2.29. The number of benzene rings is 4. The summed E-state index contributed by atoms with van der Waals surface area (Å²) in [7, 11) is -2.16. The Kier molecular flexibility index (Phi) is 11.8. The predicted molar refractivity (Wildman–Crippen MR) is 204 cm³/mol. The number of sulfonamides is 1. The minimum atomic E-state index is -3.52. The monoisotopic (exact) mass is 727 g/mol. The lowest BCUT2D eigenvalue weighted by molar-refractivity contribution is 0.0600. The molecule has 8 nitrogen and oxygen atoms in total. The molecule has 268 valence electrons. The quantitative estimate of drug-likeness (QED) is 0.111. The molecular weight excluding hydrogens is 682 g/mol. The molecule has 0 radical (unpaired) electrons. The smallest absolute Gasteiger partial charge is 0.337 e. The van der Waals surface area contributed by atoms with E-state index in [1.54, 1.807) is 24.3 Å². The zero-order valence-electron chi connectivity index (χ0n) is 29.4. The third-order valence-electron chi connectivity index (χ3n) is 10.0. The molecule has 1 saturated heterocycles. The van der Waals surface area contributed by atoms with Gasteiger partial charge in [-0.1, -0.05) is 72.3 Å². The standard InChI is InChI=1S/C41H46ClN3O5S/c1-29-14-15-30(2)44(29)25-27-51(47,48)43-24-22-39-36(23-26-50-35-19-16-33(17-20-35)41(46)49-3)37-28-34(42)18-21-38(37)45(39)40(31-10-6-4-7-11-31)32-12-8-5-9-13-32/h4-13,16-21,28-30,40,43H,14-15,22-27H2,1-3H3. The maximum Gasteiger partial charge on any atom is 0.337 e. The van der Waals surface area contributed by atoms with E-state index in [0.717, 1.165) is 46.1 Å². The molecule has 2 heterocycles. The van der Waals surface area contributed by atoms with Crippen molar-refractivity contribution in [1.82, 2.24) is 14.2 Å². The Balaban J connectivity index is 1.35. The Morgan fingerprint density at radius 1 is 0.882 bits per heavy atom. The number of hydrogen-bond acceptors (Lipinski definition) is 6. The van der Waals surface area contributed by atoms with Crippen LogP contribution in [0.2, 0.25) is 5.02 Å². The van der Waals surface area contributed by atoms with Crippen LogP contribution in [0.5, 0.6) is 5.75 Å². The van der Waals surface area contributed by atoms with Crippen molar-refractivity contribution >= 4 is 38.5 Å². The van der Waals surface area contributed by atoms with E-state index in [-0.39, 0.29) is 18.3 Å². The maximum atomic E-state index is 13.4. The lowest BCUT2D eigenvalue weighted by Gasteiger charge is -2.26. The summed E-state index contributed by atoms with van der Waals surface area (Å²) in [5.41, 5.74) is 5.74. The number of likely N-dealkylation sites (tertiary alicyclic amines) is 1. The Morgan fingerprint density at radius 3 is 2.12 bits per heavy atom. The summed E-state index contributed by atoms with van der Waals surface area (Å²) in [5, 5.41) is 1.62. The van der Waals surface area contributed by atoms with E-state index in [9.17, 15) is 13.2 Å². The Labute approximate surface area is 306 Å². The van der Waals surface area contributed by atoms with Gasteiger partial charge in [-0.15, -0.1) is 0 Å². The van der Waals surface area contributed by atoms with Crippen LogP contribution in [0.15, 0.2) is 103 Å². The molecule has 1 aliphatic rings. The van der Waals surface area contributed by atoms with Crippen LogP contribution in [-0.2, 0) is 27.6 Å². The second kappa shape index (κ2) is 16.5. The molecule has 2 atom stereocenters. The van der Waals surface area contributed by atoms with Crippen molar-refractivity contribution in [1.29, 1.82) is 0 Å². The fraction of sp³-hybridized carbons (Fsp3) is 0.341. The second-order valence-electron chi connectivity index (χ2n) is 13.3. The molecule has 5 aromatic rings. The van der Waals surface area contributed by atoms with Crippen LogP contribution in [-0.4, -0.2) is 68.5 Å². The summed E-state index contributed by atoms with van der Waals surface area (Å²) in [4.78, 5) is 14.2. The molecule has 1 aromatic heterocycles. The Bertz CT molecular complexity index is 1990. The summed E-state index contributed by atoms with van der Waals surface area (Å²) in [5.74, 6) is 0.289. The Morgan fingerprint density at radius 2 is 1.51 bits per heavy atom. The predicted octanol–water partition coefficient (Wildman–Crippen LogP) is 7.68. The minimum Gasteiger partial charge on any atom is -0.493 e. The largest absolute Gasteiger partial charge is 0.493 e. The van der Waals surface area contributed by atoms with Gasteiger partial charge in [0.05, 0.1) is 31.1 Å². The van der Waals surface area contributed by atoms with Crippen LogP contribution in [0.3, 0.4) is 0 Å². The van der Waals surface area contributed by atoms with E-state index in [1.807, 2.05) is 48.5 Å². The number of halogens is 1. The van der Waals surface area contributed by atoms with Gasteiger partial charge in [-0.05, 0) is 85.8 Å². The van der Waals surface area contributed by atoms with Crippen LogP contribution in [0.1, 0.15) is 65.5 Å². The first-order chi connectivity index (χ1) is 24.6. The first-order valence-electron chi connectivity index (χ1n) is 17.6. The Hall–Kier alpha value is -4.15. The van der Waals surface area contributed by atoms with Crippen LogP contribution >= 0.6 is 11.6 Å². The highest BCUT2D eigenvalue weighted by molar-refractivity contribution is 7.89. The molecule has 2 unspecified atom stereocenters. The molecule has 0 spiro atoms. The number of ether oxygens (including phenoxy) is 2. The highest BCUT2D eigenvalue weighted by atomic mass is 35.5. The highest BCUT2D eigenvalue weighted by Crippen LogP contribution is 2.38. The van der Waals surface area contributed by atoms with Crippen molar-refractivity contribution in [2.45, 2.75) is 57.7 Å². The van der Waals surface area contributed by atoms with Crippen LogP contribution in [0, 0.1) is 0 Å². The maximum absolute atomic E-state index is 13.4. The summed E-state index contributed by atoms with van der Waals surface area (Å²) < 4.78 is 43.0. The third kappa shape index (κ3) is 8.67. The summed E-state index contributed by atoms with van der Waals surface area (Å²) >= 11 is 6.65. The van der Waals surface area contributed by atoms with E-state index < -0.39 is 16.0 Å². The van der Waals surface area contributed by atoms with Crippen molar-refractivity contribution < 1.29 is 22.7 Å². The first kappa shape index (κ1) is 36.6. The van der Waals surface area contributed by atoms with Gasteiger partial charge in [-0.2, -0.15) is 0 Å². The van der Waals surface area contributed by atoms with Crippen molar-refractivity contribution in [3.05, 3.63) is 136 Å². The molecule has 1 fully saturated rings. The van der Waals surface area contributed by atoms with Gasteiger partial charge in [0.2, 0.25) is 10.0 Å².